The minimum atomic E-state index is 0.656. The lowest BCUT2D eigenvalue weighted by Gasteiger charge is -2.30. The monoisotopic (exact) mass is 166 g/mol. The molecule has 1 fully saturated rings. The highest BCUT2D eigenvalue weighted by molar-refractivity contribution is 5.55. The molecular weight excluding hydrogens is 148 g/mol. The second kappa shape index (κ2) is 3.46. The normalized spacial score (nSPS) is 35.9. The first-order valence-corrected chi connectivity index (χ1v) is 5.10. The molecule has 2 nitrogen and oxygen atoms in total. The number of hydrogen-bond donors (Lipinski definition) is 0. The van der Waals surface area contributed by atoms with Crippen molar-refractivity contribution >= 4 is 6.34 Å². The van der Waals surface area contributed by atoms with Crippen molar-refractivity contribution in [1.82, 2.24) is 4.90 Å². The van der Waals surface area contributed by atoms with Crippen molar-refractivity contribution in [3.05, 3.63) is 0 Å². The van der Waals surface area contributed by atoms with Crippen LogP contribution >= 0.6 is 0 Å². The highest BCUT2D eigenvalue weighted by Gasteiger charge is 2.25. The zero-order valence-electron chi connectivity index (χ0n) is 7.87. The van der Waals surface area contributed by atoms with E-state index in [4.69, 9.17) is 0 Å². The van der Waals surface area contributed by atoms with E-state index in [9.17, 15) is 0 Å². The first kappa shape index (κ1) is 8.09. The Kier molecular flexibility index (Phi) is 2.33. The van der Waals surface area contributed by atoms with Gasteiger partial charge in [0.05, 0.1) is 12.4 Å². The predicted octanol–water partition coefficient (Wildman–Crippen LogP) is 1.91. The van der Waals surface area contributed by atoms with E-state index in [1.54, 1.807) is 0 Å². The van der Waals surface area contributed by atoms with Crippen molar-refractivity contribution < 1.29 is 0 Å². The van der Waals surface area contributed by atoms with E-state index < -0.39 is 0 Å². The van der Waals surface area contributed by atoms with Crippen LogP contribution in [0.3, 0.4) is 0 Å². The van der Waals surface area contributed by atoms with Crippen molar-refractivity contribution in [2.24, 2.45) is 10.9 Å². The van der Waals surface area contributed by atoms with E-state index in [-0.39, 0.29) is 0 Å². The summed E-state index contributed by atoms with van der Waals surface area (Å²) in [5, 5.41) is 0. The maximum Gasteiger partial charge on any atom is 0.0850 e. The lowest BCUT2D eigenvalue weighted by molar-refractivity contribution is 0.298. The van der Waals surface area contributed by atoms with Crippen LogP contribution in [0.4, 0.5) is 0 Å². The van der Waals surface area contributed by atoms with E-state index >= 15 is 0 Å². The van der Waals surface area contributed by atoms with Gasteiger partial charge in [0.15, 0.2) is 0 Å². The van der Waals surface area contributed by atoms with Gasteiger partial charge in [-0.05, 0) is 18.8 Å². The molecule has 1 aliphatic carbocycles. The zero-order chi connectivity index (χ0) is 8.39. The lowest BCUT2D eigenvalue weighted by atomic mass is 9.94. The Morgan fingerprint density at radius 1 is 1.25 bits per heavy atom. The quantitative estimate of drug-likeness (QED) is 0.536. The SMILES string of the molecule is CN1C=NC2CCCCCC2C1. The summed E-state index contributed by atoms with van der Waals surface area (Å²) >= 11 is 0. The molecule has 2 unspecified atom stereocenters. The molecule has 2 heteroatoms. The van der Waals surface area contributed by atoms with Crippen LogP contribution in [0.1, 0.15) is 32.1 Å². The van der Waals surface area contributed by atoms with Crippen LogP contribution in [0.15, 0.2) is 4.99 Å². The first-order valence-electron chi connectivity index (χ1n) is 5.10. The average molecular weight is 166 g/mol. The predicted molar refractivity (Wildman–Crippen MR) is 51.5 cm³/mol. The minimum absolute atomic E-state index is 0.656. The number of hydrogen-bond acceptors (Lipinski definition) is 2. The summed E-state index contributed by atoms with van der Waals surface area (Å²) in [5.41, 5.74) is 0. The van der Waals surface area contributed by atoms with Gasteiger partial charge >= 0.3 is 0 Å². The van der Waals surface area contributed by atoms with E-state index in [1.807, 2.05) is 6.34 Å². The molecule has 0 amide bonds. The topological polar surface area (TPSA) is 15.6 Å². The molecule has 0 aromatic carbocycles. The van der Waals surface area contributed by atoms with Crippen LogP contribution < -0.4 is 0 Å². The smallest absolute Gasteiger partial charge is 0.0850 e. The van der Waals surface area contributed by atoms with Gasteiger partial charge in [-0.1, -0.05) is 19.3 Å². The van der Waals surface area contributed by atoms with Crippen LogP contribution in [-0.2, 0) is 0 Å². The van der Waals surface area contributed by atoms with Gasteiger partial charge in [-0.25, -0.2) is 0 Å². The fraction of sp³-hybridized carbons (Fsp3) is 0.900. The van der Waals surface area contributed by atoms with Crippen LogP contribution in [0.2, 0.25) is 0 Å². The fourth-order valence-corrected chi connectivity index (χ4v) is 2.39. The zero-order valence-corrected chi connectivity index (χ0v) is 7.87. The molecule has 0 radical (unpaired) electrons. The molecule has 1 aliphatic heterocycles. The first-order chi connectivity index (χ1) is 5.86. The maximum atomic E-state index is 4.59. The summed E-state index contributed by atoms with van der Waals surface area (Å²) in [6.45, 7) is 1.23. The largest absolute Gasteiger partial charge is 0.366 e. The number of aliphatic imine (C=N–C) groups is 1. The summed E-state index contributed by atoms with van der Waals surface area (Å²) in [6, 6.07) is 0.656. The Morgan fingerprint density at radius 2 is 2.08 bits per heavy atom. The van der Waals surface area contributed by atoms with Crippen molar-refractivity contribution in [2.75, 3.05) is 13.6 Å². The Bertz CT molecular complexity index is 177. The second-order valence-electron chi connectivity index (χ2n) is 4.17. The van der Waals surface area contributed by atoms with Gasteiger partial charge in [0.2, 0.25) is 0 Å². The van der Waals surface area contributed by atoms with Gasteiger partial charge in [0, 0.05) is 13.6 Å². The molecule has 0 aromatic heterocycles. The minimum Gasteiger partial charge on any atom is -0.366 e. The van der Waals surface area contributed by atoms with Gasteiger partial charge in [0.25, 0.3) is 0 Å². The van der Waals surface area contributed by atoms with Crippen LogP contribution in [0.5, 0.6) is 0 Å². The Morgan fingerprint density at radius 3 is 3.00 bits per heavy atom. The van der Waals surface area contributed by atoms with Crippen molar-refractivity contribution in [1.29, 1.82) is 0 Å². The van der Waals surface area contributed by atoms with Crippen LogP contribution in [-0.4, -0.2) is 30.9 Å². The summed E-state index contributed by atoms with van der Waals surface area (Å²) in [4.78, 5) is 6.82. The maximum absolute atomic E-state index is 4.59. The van der Waals surface area contributed by atoms with Crippen LogP contribution in [0.25, 0.3) is 0 Å². The van der Waals surface area contributed by atoms with E-state index in [0.29, 0.717) is 6.04 Å². The molecule has 1 heterocycles. The molecule has 0 bridgehead atoms. The van der Waals surface area contributed by atoms with Crippen molar-refractivity contribution in [2.45, 2.75) is 38.1 Å². The lowest BCUT2D eigenvalue weighted by Crippen LogP contribution is -2.36. The van der Waals surface area contributed by atoms with Gasteiger partial charge in [-0.3, -0.25) is 4.99 Å². The van der Waals surface area contributed by atoms with Gasteiger partial charge < -0.3 is 4.90 Å². The van der Waals surface area contributed by atoms with Crippen molar-refractivity contribution in [3.63, 3.8) is 0 Å². The molecule has 68 valence electrons. The molecule has 0 saturated heterocycles. The molecule has 2 aliphatic rings. The molecular formula is C10H18N2. The van der Waals surface area contributed by atoms with Gasteiger partial charge in [0.1, 0.15) is 0 Å². The van der Waals surface area contributed by atoms with E-state index in [1.165, 1.54) is 38.6 Å². The third-order valence-electron chi connectivity index (χ3n) is 3.10. The number of rotatable bonds is 0. The summed E-state index contributed by atoms with van der Waals surface area (Å²) < 4.78 is 0. The Labute approximate surface area is 74.7 Å². The average Bonchev–Trinajstić information content (AvgIpc) is 2.28. The van der Waals surface area contributed by atoms with Crippen LogP contribution in [0, 0.1) is 5.92 Å². The Balaban J connectivity index is 2.04. The molecule has 2 rings (SSSR count). The van der Waals surface area contributed by atoms with Crippen molar-refractivity contribution in [3.8, 4) is 0 Å². The van der Waals surface area contributed by atoms with E-state index in [0.717, 1.165) is 5.92 Å². The third kappa shape index (κ3) is 1.62. The number of nitrogens with zero attached hydrogens (tertiary/aromatic N) is 2. The summed E-state index contributed by atoms with van der Waals surface area (Å²) in [5.74, 6) is 0.850. The molecule has 12 heavy (non-hydrogen) atoms. The standard InChI is InChI=1S/C10H18N2/c1-12-7-9-5-3-2-4-6-10(9)11-8-12/h8-10H,2-7H2,1H3. The molecule has 2 atom stereocenters. The highest BCUT2D eigenvalue weighted by Crippen LogP contribution is 2.27. The van der Waals surface area contributed by atoms with Gasteiger partial charge in [-0.15, -0.1) is 0 Å². The van der Waals surface area contributed by atoms with E-state index in [2.05, 4.69) is 16.9 Å². The number of fused-ring (bicyclic) bond motifs is 1. The van der Waals surface area contributed by atoms with Gasteiger partial charge in [-0.2, -0.15) is 0 Å². The molecule has 1 saturated carbocycles. The second-order valence-corrected chi connectivity index (χ2v) is 4.17. The summed E-state index contributed by atoms with van der Waals surface area (Å²) in [6.07, 6.45) is 8.98. The molecule has 0 N–H and O–H groups in total. The fourth-order valence-electron chi connectivity index (χ4n) is 2.39. The molecule has 0 aromatic rings. The Hall–Kier alpha value is -0.530. The summed E-state index contributed by atoms with van der Waals surface area (Å²) in [7, 11) is 2.13. The third-order valence-corrected chi connectivity index (χ3v) is 3.10. The molecule has 0 spiro atoms. The highest BCUT2D eigenvalue weighted by atomic mass is 15.2.